The van der Waals surface area contributed by atoms with Crippen molar-refractivity contribution in [3.63, 3.8) is 0 Å². The fraction of sp³-hybridized carbons (Fsp3) is 0.379. The molecule has 36 heavy (non-hydrogen) atoms. The van der Waals surface area contributed by atoms with Crippen molar-refractivity contribution in [2.75, 3.05) is 13.1 Å². The standard InChI is InChI=1S/C29H32N4O3/c1-3-5-14-25-31-27(34)26(28(35)32-16-15-23(19-32)21-11-7-6-8-12-21)29(36)33(25)24(4-2)22-13-9-10-20(17-22)18-30/h6-13,17,23-24,34H,3-5,14-16,19H2,1-2H3/t23-,24+/m0/s1. The van der Waals surface area contributed by atoms with Crippen LogP contribution in [0.15, 0.2) is 59.4 Å². The molecule has 7 nitrogen and oxygen atoms in total. The van der Waals surface area contributed by atoms with Gasteiger partial charge in [0.25, 0.3) is 11.5 Å². The second kappa shape index (κ2) is 11.2. The highest BCUT2D eigenvalue weighted by molar-refractivity contribution is 5.96. The first-order valence-corrected chi connectivity index (χ1v) is 12.7. The molecule has 3 aromatic rings. The summed E-state index contributed by atoms with van der Waals surface area (Å²) in [5.74, 6) is -0.349. The minimum absolute atomic E-state index is 0.188. The summed E-state index contributed by atoms with van der Waals surface area (Å²) < 4.78 is 1.56. The number of aromatic hydroxyl groups is 1. The number of carbonyl (C=O) groups is 1. The average Bonchev–Trinajstić information content (AvgIpc) is 3.40. The molecule has 1 aromatic heterocycles. The first-order valence-electron chi connectivity index (χ1n) is 12.7. The Hall–Kier alpha value is -3.92. The topological polar surface area (TPSA) is 99.2 Å². The molecule has 1 amide bonds. The van der Waals surface area contributed by atoms with Crippen LogP contribution in [0.2, 0.25) is 0 Å². The van der Waals surface area contributed by atoms with Gasteiger partial charge >= 0.3 is 0 Å². The molecular formula is C29H32N4O3. The number of rotatable bonds is 8. The lowest BCUT2D eigenvalue weighted by Gasteiger charge is -2.24. The van der Waals surface area contributed by atoms with E-state index in [-0.39, 0.29) is 11.5 Å². The number of nitriles is 1. The third-order valence-electron chi connectivity index (χ3n) is 6.98. The molecule has 0 aliphatic carbocycles. The van der Waals surface area contributed by atoms with Gasteiger partial charge in [0.2, 0.25) is 5.88 Å². The summed E-state index contributed by atoms with van der Waals surface area (Å²) in [5.41, 5.74) is 1.65. The number of amides is 1. The number of hydrogen-bond donors (Lipinski definition) is 1. The van der Waals surface area contributed by atoms with Crippen molar-refractivity contribution in [3.8, 4) is 11.9 Å². The number of aryl methyl sites for hydroxylation is 1. The van der Waals surface area contributed by atoms with Crippen LogP contribution in [0.4, 0.5) is 0 Å². The summed E-state index contributed by atoms with van der Waals surface area (Å²) >= 11 is 0. The lowest BCUT2D eigenvalue weighted by atomic mass is 9.99. The number of carbonyl (C=O) groups excluding carboxylic acids is 1. The van der Waals surface area contributed by atoms with Crippen molar-refractivity contribution in [1.82, 2.24) is 14.5 Å². The van der Waals surface area contributed by atoms with Crippen LogP contribution in [0, 0.1) is 11.3 Å². The largest absolute Gasteiger partial charge is 0.493 e. The van der Waals surface area contributed by atoms with Gasteiger partial charge in [-0.1, -0.05) is 62.7 Å². The third-order valence-corrected chi connectivity index (χ3v) is 6.98. The van der Waals surface area contributed by atoms with Gasteiger partial charge in [0.15, 0.2) is 5.56 Å². The molecule has 0 bridgehead atoms. The highest BCUT2D eigenvalue weighted by Crippen LogP contribution is 2.30. The van der Waals surface area contributed by atoms with Gasteiger partial charge in [0.05, 0.1) is 17.7 Å². The zero-order valence-corrected chi connectivity index (χ0v) is 20.9. The Morgan fingerprint density at radius 1 is 1.19 bits per heavy atom. The lowest BCUT2D eigenvalue weighted by molar-refractivity contribution is 0.0783. The maximum Gasteiger partial charge on any atom is 0.270 e. The Labute approximate surface area is 211 Å². The van der Waals surface area contributed by atoms with Crippen LogP contribution in [-0.4, -0.2) is 38.6 Å². The first kappa shape index (κ1) is 25.2. The molecule has 1 fully saturated rings. The number of unbranched alkanes of at least 4 members (excludes halogenated alkanes) is 1. The molecule has 186 valence electrons. The summed E-state index contributed by atoms with van der Waals surface area (Å²) in [6, 6.07) is 18.9. The summed E-state index contributed by atoms with van der Waals surface area (Å²) in [7, 11) is 0. The number of nitrogens with zero attached hydrogens (tertiary/aromatic N) is 4. The number of hydrogen-bond acceptors (Lipinski definition) is 5. The van der Waals surface area contributed by atoms with Crippen molar-refractivity contribution in [3.05, 3.63) is 93.0 Å². The van der Waals surface area contributed by atoms with Gasteiger partial charge in [-0.05, 0) is 42.5 Å². The van der Waals surface area contributed by atoms with Crippen LogP contribution in [0.3, 0.4) is 0 Å². The zero-order chi connectivity index (χ0) is 25.7. The molecule has 1 N–H and O–H groups in total. The smallest absolute Gasteiger partial charge is 0.270 e. The molecule has 2 atom stereocenters. The molecule has 2 aromatic carbocycles. The fourth-order valence-electron chi connectivity index (χ4n) is 5.07. The maximum atomic E-state index is 13.9. The zero-order valence-electron chi connectivity index (χ0n) is 20.9. The van der Waals surface area contributed by atoms with E-state index >= 15 is 0 Å². The Balaban J connectivity index is 1.75. The SMILES string of the molecule is CCCCc1nc(O)c(C(=O)N2CC[C@H](c3ccccc3)C2)c(=O)n1[C@H](CC)c1cccc(C#N)c1. The van der Waals surface area contributed by atoms with E-state index in [9.17, 15) is 20.0 Å². The molecule has 7 heteroatoms. The van der Waals surface area contributed by atoms with Crippen molar-refractivity contribution >= 4 is 5.91 Å². The van der Waals surface area contributed by atoms with Crippen molar-refractivity contribution in [2.45, 2.75) is 57.9 Å². The van der Waals surface area contributed by atoms with E-state index in [4.69, 9.17) is 0 Å². The van der Waals surface area contributed by atoms with Crippen LogP contribution in [0.1, 0.15) is 84.4 Å². The molecule has 1 aliphatic heterocycles. The van der Waals surface area contributed by atoms with E-state index in [2.05, 4.69) is 11.1 Å². The third kappa shape index (κ3) is 5.03. The molecule has 0 saturated carbocycles. The van der Waals surface area contributed by atoms with Gasteiger partial charge in [0.1, 0.15) is 5.82 Å². The summed E-state index contributed by atoms with van der Waals surface area (Å²) in [6.07, 6.45) is 3.55. The molecule has 4 rings (SSSR count). The summed E-state index contributed by atoms with van der Waals surface area (Å²) in [4.78, 5) is 33.5. The molecule has 0 radical (unpaired) electrons. The predicted molar refractivity (Wildman–Crippen MR) is 138 cm³/mol. The monoisotopic (exact) mass is 484 g/mol. The van der Waals surface area contributed by atoms with Crippen LogP contribution >= 0.6 is 0 Å². The van der Waals surface area contributed by atoms with Crippen LogP contribution in [0.5, 0.6) is 5.88 Å². The Kier molecular flexibility index (Phi) is 7.84. The number of aromatic nitrogens is 2. The normalized spacial score (nSPS) is 16.0. The maximum absolute atomic E-state index is 13.9. The lowest BCUT2D eigenvalue weighted by Crippen LogP contribution is -2.38. The van der Waals surface area contributed by atoms with E-state index in [0.29, 0.717) is 37.3 Å². The summed E-state index contributed by atoms with van der Waals surface area (Å²) in [6.45, 7) is 5.00. The van der Waals surface area contributed by atoms with Crippen molar-refractivity contribution in [2.24, 2.45) is 0 Å². The second-order valence-electron chi connectivity index (χ2n) is 9.31. The quantitative estimate of drug-likeness (QED) is 0.495. The highest BCUT2D eigenvalue weighted by atomic mass is 16.3. The van der Waals surface area contributed by atoms with Gasteiger partial charge in [0, 0.05) is 25.4 Å². The Morgan fingerprint density at radius 2 is 1.97 bits per heavy atom. The van der Waals surface area contributed by atoms with Gasteiger partial charge in [-0.15, -0.1) is 0 Å². The van der Waals surface area contributed by atoms with Crippen LogP contribution in [-0.2, 0) is 6.42 Å². The average molecular weight is 485 g/mol. The van der Waals surface area contributed by atoms with E-state index < -0.39 is 23.4 Å². The molecule has 0 unspecified atom stereocenters. The molecule has 0 spiro atoms. The second-order valence-corrected chi connectivity index (χ2v) is 9.31. The Bertz CT molecular complexity index is 1330. The van der Waals surface area contributed by atoms with Gasteiger partial charge < -0.3 is 10.0 Å². The minimum atomic E-state index is -0.532. The number of benzene rings is 2. The van der Waals surface area contributed by atoms with E-state index in [1.807, 2.05) is 50.2 Å². The number of likely N-dealkylation sites (tertiary alicyclic amines) is 1. The van der Waals surface area contributed by atoms with Gasteiger partial charge in [-0.2, -0.15) is 10.2 Å². The fourth-order valence-corrected chi connectivity index (χ4v) is 5.07. The van der Waals surface area contributed by atoms with E-state index in [0.717, 1.165) is 30.4 Å². The van der Waals surface area contributed by atoms with Gasteiger partial charge in [-0.3, -0.25) is 14.2 Å². The Morgan fingerprint density at radius 3 is 2.67 bits per heavy atom. The molecular weight excluding hydrogens is 452 g/mol. The molecule has 2 heterocycles. The van der Waals surface area contributed by atoms with E-state index in [1.54, 1.807) is 27.7 Å². The minimum Gasteiger partial charge on any atom is -0.493 e. The van der Waals surface area contributed by atoms with Crippen LogP contribution in [0.25, 0.3) is 0 Å². The van der Waals surface area contributed by atoms with Crippen LogP contribution < -0.4 is 5.56 Å². The first-order chi connectivity index (χ1) is 17.5. The molecule has 1 aliphatic rings. The van der Waals surface area contributed by atoms with E-state index in [1.165, 1.54) is 0 Å². The molecule has 1 saturated heterocycles. The van der Waals surface area contributed by atoms with Crippen molar-refractivity contribution in [1.29, 1.82) is 5.26 Å². The van der Waals surface area contributed by atoms with Gasteiger partial charge in [-0.25, -0.2) is 0 Å². The van der Waals surface area contributed by atoms with Crippen molar-refractivity contribution < 1.29 is 9.90 Å². The predicted octanol–water partition coefficient (Wildman–Crippen LogP) is 4.79. The summed E-state index contributed by atoms with van der Waals surface area (Å²) in [5, 5.41) is 20.2. The highest BCUT2D eigenvalue weighted by Gasteiger charge is 2.33.